The van der Waals surface area contributed by atoms with Crippen molar-refractivity contribution >= 4 is 69.5 Å². The second-order valence-corrected chi connectivity index (χ2v) is 7.50. The van der Waals surface area contributed by atoms with Crippen LogP contribution in [-0.2, 0) is 0 Å². The van der Waals surface area contributed by atoms with Crippen molar-refractivity contribution in [2.24, 2.45) is 0 Å². The number of anilines is 1. The number of non-ortho nitro benzene ring substituents is 1. The van der Waals surface area contributed by atoms with Crippen molar-refractivity contribution in [3.8, 4) is 0 Å². The molecule has 0 saturated carbocycles. The van der Waals surface area contributed by atoms with E-state index in [2.05, 4.69) is 16.0 Å². The number of nitro groups is 1. The average Bonchev–Trinajstić information content (AvgIpc) is 2.45. The monoisotopic (exact) mass is 413 g/mol. The van der Waals surface area contributed by atoms with Gasteiger partial charge in [-0.1, -0.05) is 34.8 Å². The van der Waals surface area contributed by atoms with Crippen LogP contribution in [0.15, 0.2) is 24.3 Å². The Morgan fingerprint density at radius 2 is 1.79 bits per heavy atom. The summed E-state index contributed by atoms with van der Waals surface area (Å²) in [6.45, 7) is 0. The number of halogens is 3. The van der Waals surface area contributed by atoms with Crippen LogP contribution in [0.4, 0.5) is 16.2 Å². The van der Waals surface area contributed by atoms with Crippen molar-refractivity contribution < 1.29 is 9.72 Å². The number of thiocarbonyl (C=S) groups is 1. The first-order valence-corrected chi connectivity index (χ1v) is 7.91. The van der Waals surface area contributed by atoms with Gasteiger partial charge in [-0.2, -0.15) is 0 Å². The normalized spacial score (nSPS) is 12.0. The molecule has 0 fully saturated rings. The molecule has 2 amide bonds. The third kappa shape index (κ3) is 6.52. The lowest BCUT2D eigenvalue weighted by atomic mass is 10.3. The molecule has 1 unspecified atom stereocenters. The quantitative estimate of drug-likeness (QED) is 0.230. The summed E-state index contributed by atoms with van der Waals surface area (Å²) in [5, 5.41) is 18.6. The van der Waals surface area contributed by atoms with Crippen molar-refractivity contribution in [1.29, 1.82) is 0 Å². The first kappa shape index (κ1) is 20.5. The maximum Gasteiger partial charge on any atom is 0.318 e. The number of nitrogens with one attached hydrogen (secondary N) is 3. The molecule has 24 heavy (non-hydrogen) atoms. The van der Waals surface area contributed by atoms with Crippen LogP contribution in [0.5, 0.6) is 0 Å². The second kappa shape index (κ2) is 8.52. The van der Waals surface area contributed by atoms with E-state index >= 15 is 0 Å². The number of carbonyl (C=O) groups is 1. The number of carbonyl (C=O) groups excluding carboxylic acids is 1. The molecular weight excluding hydrogens is 401 g/mol. The summed E-state index contributed by atoms with van der Waals surface area (Å²) in [5.41, 5.74) is 0.428. The van der Waals surface area contributed by atoms with E-state index in [0.29, 0.717) is 5.69 Å². The van der Waals surface area contributed by atoms with Crippen LogP contribution in [0, 0.1) is 10.1 Å². The number of nitro benzene ring substituents is 1. The number of benzene rings is 1. The van der Waals surface area contributed by atoms with Gasteiger partial charge in [0.05, 0.1) is 4.92 Å². The lowest BCUT2D eigenvalue weighted by Gasteiger charge is -2.28. The molecule has 0 heterocycles. The van der Waals surface area contributed by atoms with Gasteiger partial charge in [-0.3, -0.25) is 10.1 Å². The van der Waals surface area contributed by atoms with Gasteiger partial charge in [0, 0.05) is 31.9 Å². The third-order valence-corrected chi connectivity index (χ3v) is 3.49. The third-order valence-electron chi connectivity index (χ3n) is 2.61. The standard InChI is InChI=1S/C12H14Cl3N5O3S/c1-19(2)11(21)18-9(12(13,14)15)17-10(24)16-7-3-5-8(6-4-7)20(22)23/h3-6,9H,1-2H3,(H,18,21)(H2,16,17,24). The van der Waals surface area contributed by atoms with E-state index in [1.54, 1.807) is 0 Å². The highest BCUT2D eigenvalue weighted by molar-refractivity contribution is 7.80. The molecule has 3 N–H and O–H groups in total. The van der Waals surface area contributed by atoms with Crippen molar-refractivity contribution in [1.82, 2.24) is 15.5 Å². The molecule has 12 heteroatoms. The van der Waals surface area contributed by atoms with Gasteiger partial charge in [0.2, 0.25) is 3.79 Å². The van der Waals surface area contributed by atoms with Crippen LogP contribution >= 0.6 is 47.0 Å². The van der Waals surface area contributed by atoms with Gasteiger partial charge in [0.1, 0.15) is 0 Å². The van der Waals surface area contributed by atoms with Crippen molar-refractivity contribution in [2.75, 3.05) is 19.4 Å². The lowest BCUT2D eigenvalue weighted by Crippen LogP contribution is -2.57. The topological polar surface area (TPSA) is 99.5 Å². The smallest absolute Gasteiger partial charge is 0.318 e. The average molecular weight is 415 g/mol. The molecule has 0 aliphatic heterocycles. The summed E-state index contributed by atoms with van der Waals surface area (Å²) >= 11 is 22.6. The summed E-state index contributed by atoms with van der Waals surface area (Å²) in [4.78, 5) is 23.1. The van der Waals surface area contributed by atoms with Gasteiger partial charge in [0.25, 0.3) is 5.69 Å². The van der Waals surface area contributed by atoms with Gasteiger partial charge in [-0.15, -0.1) is 0 Å². The van der Waals surface area contributed by atoms with E-state index in [4.69, 9.17) is 47.0 Å². The number of rotatable bonds is 4. The predicted octanol–water partition coefficient (Wildman–Crippen LogP) is 2.85. The van der Waals surface area contributed by atoms with E-state index in [-0.39, 0.29) is 10.8 Å². The highest BCUT2D eigenvalue weighted by Gasteiger charge is 2.35. The zero-order valence-corrected chi connectivity index (χ0v) is 15.6. The van der Waals surface area contributed by atoms with E-state index < -0.39 is 20.9 Å². The van der Waals surface area contributed by atoms with E-state index in [1.165, 1.54) is 43.3 Å². The number of hydrogen-bond donors (Lipinski definition) is 3. The van der Waals surface area contributed by atoms with Crippen LogP contribution in [0.1, 0.15) is 0 Å². The van der Waals surface area contributed by atoms with Crippen LogP contribution in [-0.4, -0.2) is 45.0 Å². The molecule has 0 saturated heterocycles. The molecule has 0 aromatic heterocycles. The Bertz CT molecular complexity index is 621. The van der Waals surface area contributed by atoms with Crippen molar-refractivity contribution in [3.05, 3.63) is 34.4 Å². The first-order chi connectivity index (χ1) is 11.0. The minimum atomic E-state index is -1.87. The van der Waals surface area contributed by atoms with Crippen LogP contribution in [0.3, 0.4) is 0 Å². The molecular formula is C12H14Cl3N5O3S. The Labute approximate surface area is 158 Å². The fourth-order valence-corrected chi connectivity index (χ4v) is 1.98. The Balaban J connectivity index is 2.74. The number of nitrogens with zero attached hydrogens (tertiary/aromatic N) is 2. The minimum Gasteiger partial charge on any atom is -0.339 e. The Hall–Kier alpha value is -1.55. The molecule has 1 atom stereocenters. The first-order valence-electron chi connectivity index (χ1n) is 6.37. The molecule has 0 radical (unpaired) electrons. The maximum absolute atomic E-state index is 11.7. The lowest BCUT2D eigenvalue weighted by molar-refractivity contribution is -0.384. The van der Waals surface area contributed by atoms with Gasteiger partial charge in [-0.25, -0.2) is 4.79 Å². The van der Waals surface area contributed by atoms with E-state index in [9.17, 15) is 14.9 Å². The molecule has 1 aromatic carbocycles. The molecule has 132 valence electrons. The van der Waals surface area contributed by atoms with E-state index in [0.717, 1.165) is 0 Å². The molecule has 0 spiro atoms. The molecule has 8 nitrogen and oxygen atoms in total. The molecule has 0 aliphatic rings. The fraction of sp³-hybridized carbons (Fsp3) is 0.333. The predicted molar refractivity (Wildman–Crippen MR) is 98.7 cm³/mol. The van der Waals surface area contributed by atoms with Crippen molar-refractivity contribution in [2.45, 2.75) is 9.96 Å². The minimum absolute atomic E-state index is 0.0548. The fourth-order valence-electron chi connectivity index (χ4n) is 1.42. The van der Waals surface area contributed by atoms with Crippen LogP contribution in [0.25, 0.3) is 0 Å². The summed E-state index contributed by atoms with van der Waals surface area (Å²) in [7, 11) is 3.05. The Morgan fingerprint density at radius 3 is 2.21 bits per heavy atom. The van der Waals surface area contributed by atoms with Gasteiger partial charge >= 0.3 is 6.03 Å². The Kier molecular flexibility index (Phi) is 7.27. The highest BCUT2D eigenvalue weighted by atomic mass is 35.6. The summed E-state index contributed by atoms with van der Waals surface area (Å²) in [6, 6.07) is 5.07. The SMILES string of the molecule is CN(C)C(=O)NC(NC(=S)Nc1ccc([N+](=O)[O-])cc1)C(Cl)(Cl)Cl. The second-order valence-electron chi connectivity index (χ2n) is 4.72. The molecule has 0 bridgehead atoms. The Morgan fingerprint density at radius 1 is 1.25 bits per heavy atom. The highest BCUT2D eigenvalue weighted by Crippen LogP contribution is 2.29. The zero-order chi connectivity index (χ0) is 18.5. The maximum atomic E-state index is 11.7. The number of urea groups is 1. The summed E-state index contributed by atoms with van der Waals surface area (Å²) in [6.07, 6.45) is -1.10. The van der Waals surface area contributed by atoms with E-state index in [1.807, 2.05) is 0 Å². The van der Waals surface area contributed by atoms with Crippen molar-refractivity contribution in [3.63, 3.8) is 0 Å². The molecule has 1 aromatic rings. The van der Waals surface area contributed by atoms with Crippen LogP contribution in [0.2, 0.25) is 0 Å². The largest absolute Gasteiger partial charge is 0.339 e. The van der Waals surface area contributed by atoms with Gasteiger partial charge < -0.3 is 20.9 Å². The molecule has 0 aliphatic carbocycles. The molecule has 1 rings (SSSR count). The number of hydrogen-bond acceptors (Lipinski definition) is 4. The summed E-state index contributed by atoms with van der Waals surface area (Å²) in [5.74, 6) is 0. The number of alkyl halides is 3. The van der Waals surface area contributed by atoms with Gasteiger partial charge in [-0.05, 0) is 24.4 Å². The van der Waals surface area contributed by atoms with Crippen LogP contribution < -0.4 is 16.0 Å². The van der Waals surface area contributed by atoms with Gasteiger partial charge in [0.15, 0.2) is 11.3 Å². The number of amides is 2. The summed E-state index contributed by atoms with van der Waals surface area (Å²) < 4.78 is -1.87. The zero-order valence-electron chi connectivity index (χ0n) is 12.5.